The van der Waals surface area contributed by atoms with Crippen molar-refractivity contribution in [3.8, 4) is 0 Å². The van der Waals surface area contributed by atoms with Crippen molar-refractivity contribution in [3.63, 3.8) is 0 Å². The first-order valence-corrected chi connectivity index (χ1v) is 5.31. The van der Waals surface area contributed by atoms with Gasteiger partial charge in [0.25, 0.3) is 11.8 Å². The normalized spacial score (nSPS) is 24.4. The lowest BCUT2D eigenvalue weighted by Gasteiger charge is -2.36. The molecule has 16 heavy (non-hydrogen) atoms. The summed E-state index contributed by atoms with van der Waals surface area (Å²) in [7, 11) is 0. The van der Waals surface area contributed by atoms with Gasteiger partial charge in [-0.3, -0.25) is 4.79 Å². The van der Waals surface area contributed by atoms with E-state index in [1.165, 1.54) is 11.8 Å². The minimum atomic E-state index is -2.78. The van der Waals surface area contributed by atoms with Gasteiger partial charge >= 0.3 is 0 Å². The highest BCUT2D eigenvalue weighted by molar-refractivity contribution is 5.92. The number of aromatic amines is 1. The molecular formula is C11H14F2N2O. The zero-order valence-electron chi connectivity index (χ0n) is 9.04. The fourth-order valence-corrected chi connectivity index (χ4v) is 1.86. The number of carbonyl (C=O) groups excluding carboxylic acids is 1. The lowest BCUT2D eigenvalue weighted by atomic mass is 9.95. The number of nitrogens with one attached hydrogen (secondary N) is 1. The Morgan fingerprint density at radius 1 is 1.62 bits per heavy atom. The van der Waals surface area contributed by atoms with Gasteiger partial charge in [0, 0.05) is 18.7 Å². The van der Waals surface area contributed by atoms with Gasteiger partial charge in [0.2, 0.25) is 0 Å². The SMILES string of the molecule is CC1CCN(C(=O)c2ccc[nH]2)CC1(F)F. The lowest BCUT2D eigenvalue weighted by molar-refractivity contribution is -0.0958. The fourth-order valence-electron chi connectivity index (χ4n) is 1.86. The average Bonchev–Trinajstić information content (AvgIpc) is 2.74. The standard InChI is InChI=1S/C11H14F2N2O/c1-8-4-6-15(7-11(8,12)13)10(16)9-3-2-5-14-9/h2-3,5,8,14H,4,6-7H2,1H3. The van der Waals surface area contributed by atoms with Crippen LogP contribution >= 0.6 is 0 Å². The van der Waals surface area contributed by atoms with Crippen LogP contribution in [0.25, 0.3) is 0 Å². The molecule has 1 aliphatic rings. The molecule has 0 bridgehead atoms. The predicted molar refractivity (Wildman–Crippen MR) is 55.4 cm³/mol. The van der Waals surface area contributed by atoms with Crippen LogP contribution in [0.4, 0.5) is 8.78 Å². The van der Waals surface area contributed by atoms with Gasteiger partial charge in [0.15, 0.2) is 0 Å². The van der Waals surface area contributed by atoms with Crippen LogP contribution in [-0.4, -0.2) is 34.8 Å². The molecule has 1 amide bonds. The minimum Gasteiger partial charge on any atom is -0.357 e. The molecule has 1 atom stereocenters. The third-order valence-electron chi connectivity index (χ3n) is 3.07. The maximum absolute atomic E-state index is 13.4. The molecule has 2 heterocycles. The van der Waals surface area contributed by atoms with Crippen molar-refractivity contribution < 1.29 is 13.6 Å². The Kier molecular flexibility index (Phi) is 2.69. The van der Waals surface area contributed by atoms with Crippen LogP contribution in [0.2, 0.25) is 0 Å². The van der Waals surface area contributed by atoms with Crippen LogP contribution in [-0.2, 0) is 0 Å². The molecule has 88 valence electrons. The topological polar surface area (TPSA) is 36.1 Å². The summed E-state index contributed by atoms with van der Waals surface area (Å²) >= 11 is 0. The number of hydrogen-bond donors (Lipinski definition) is 1. The van der Waals surface area contributed by atoms with Crippen molar-refractivity contribution in [2.75, 3.05) is 13.1 Å². The van der Waals surface area contributed by atoms with E-state index in [2.05, 4.69) is 4.98 Å². The summed E-state index contributed by atoms with van der Waals surface area (Å²) in [6.45, 7) is 1.44. The smallest absolute Gasteiger partial charge is 0.270 e. The van der Waals surface area contributed by atoms with E-state index in [9.17, 15) is 13.6 Å². The van der Waals surface area contributed by atoms with E-state index in [4.69, 9.17) is 0 Å². The minimum absolute atomic E-state index is 0.347. The molecule has 1 saturated heterocycles. The van der Waals surface area contributed by atoms with E-state index < -0.39 is 18.4 Å². The second-order valence-corrected chi connectivity index (χ2v) is 4.26. The van der Waals surface area contributed by atoms with Crippen molar-refractivity contribution in [1.29, 1.82) is 0 Å². The molecule has 1 unspecified atom stereocenters. The number of piperidine rings is 1. The van der Waals surface area contributed by atoms with Crippen molar-refractivity contribution in [2.45, 2.75) is 19.3 Å². The van der Waals surface area contributed by atoms with Crippen molar-refractivity contribution in [1.82, 2.24) is 9.88 Å². The first kappa shape index (κ1) is 11.1. The summed E-state index contributed by atoms with van der Waals surface area (Å²) in [5, 5.41) is 0. The van der Waals surface area contributed by atoms with E-state index in [-0.39, 0.29) is 5.91 Å². The first-order valence-electron chi connectivity index (χ1n) is 5.31. The number of halogens is 2. The lowest BCUT2D eigenvalue weighted by Crippen LogP contribution is -2.49. The number of likely N-dealkylation sites (tertiary alicyclic amines) is 1. The van der Waals surface area contributed by atoms with Crippen molar-refractivity contribution >= 4 is 5.91 Å². The third-order valence-corrected chi connectivity index (χ3v) is 3.07. The average molecular weight is 228 g/mol. The number of amides is 1. The molecule has 5 heteroatoms. The molecule has 1 N–H and O–H groups in total. The van der Waals surface area contributed by atoms with Gasteiger partial charge in [-0.15, -0.1) is 0 Å². The molecule has 0 aromatic carbocycles. The number of H-pyrrole nitrogens is 1. The van der Waals surface area contributed by atoms with Crippen LogP contribution in [0, 0.1) is 5.92 Å². The van der Waals surface area contributed by atoms with Crippen molar-refractivity contribution in [2.24, 2.45) is 5.92 Å². The summed E-state index contributed by atoms with van der Waals surface area (Å²) < 4.78 is 26.9. The highest BCUT2D eigenvalue weighted by Gasteiger charge is 2.43. The van der Waals surface area contributed by atoms with Gasteiger partial charge in [-0.1, -0.05) is 6.92 Å². The summed E-state index contributed by atoms with van der Waals surface area (Å²) in [6, 6.07) is 3.27. The molecule has 0 aliphatic carbocycles. The highest BCUT2D eigenvalue weighted by Crippen LogP contribution is 2.32. The Bertz CT molecular complexity index is 375. The molecule has 0 radical (unpaired) electrons. The Hall–Kier alpha value is -1.39. The summed E-state index contributed by atoms with van der Waals surface area (Å²) in [4.78, 5) is 15.8. The Morgan fingerprint density at radius 3 is 2.94 bits per heavy atom. The van der Waals surface area contributed by atoms with Crippen LogP contribution in [0.15, 0.2) is 18.3 Å². The van der Waals surface area contributed by atoms with Gasteiger partial charge in [0.1, 0.15) is 5.69 Å². The number of nitrogens with zero attached hydrogens (tertiary/aromatic N) is 1. The number of rotatable bonds is 1. The van der Waals surface area contributed by atoms with Crippen LogP contribution < -0.4 is 0 Å². The number of hydrogen-bond acceptors (Lipinski definition) is 1. The summed E-state index contributed by atoms with van der Waals surface area (Å²) in [6.07, 6.45) is 1.96. The predicted octanol–water partition coefficient (Wildman–Crippen LogP) is 2.13. The van der Waals surface area contributed by atoms with Gasteiger partial charge < -0.3 is 9.88 Å². The molecule has 1 aromatic heterocycles. The first-order chi connectivity index (χ1) is 7.50. The highest BCUT2D eigenvalue weighted by atomic mass is 19.3. The molecule has 2 rings (SSSR count). The molecular weight excluding hydrogens is 214 g/mol. The zero-order valence-corrected chi connectivity index (χ0v) is 9.04. The second-order valence-electron chi connectivity index (χ2n) is 4.26. The van der Waals surface area contributed by atoms with Gasteiger partial charge in [-0.2, -0.15) is 0 Å². The van der Waals surface area contributed by atoms with Crippen LogP contribution in [0.1, 0.15) is 23.8 Å². The Balaban J connectivity index is 2.10. The van der Waals surface area contributed by atoms with Gasteiger partial charge in [0.05, 0.1) is 6.54 Å². The Labute approximate surface area is 92.4 Å². The Morgan fingerprint density at radius 2 is 2.38 bits per heavy atom. The van der Waals surface area contributed by atoms with E-state index in [1.807, 2.05) is 0 Å². The maximum atomic E-state index is 13.4. The number of carbonyl (C=O) groups is 1. The molecule has 1 aromatic rings. The van der Waals surface area contributed by atoms with Crippen LogP contribution in [0.3, 0.4) is 0 Å². The van der Waals surface area contributed by atoms with E-state index in [0.717, 1.165) is 0 Å². The van der Waals surface area contributed by atoms with Crippen molar-refractivity contribution in [3.05, 3.63) is 24.0 Å². The number of aromatic nitrogens is 1. The third kappa shape index (κ3) is 1.94. The largest absolute Gasteiger partial charge is 0.357 e. The van der Waals surface area contributed by atoms with Gasteiger partial charge in [-0.05, 0) is 18.6 Å². The van der Waals surface area contributed by atoms with E-state index in [0.29, 0.717) is 18.7 Å². The molecule has 0 saturated carbocycles. The quantitative estimate of drug-likeness (QED) is 0.785. The fraction of sp³-hybridized carbons (Fsp3) is 0.545. The molecule has 0 spiro atoms. The summed E-state index contributed by atoms with van der Waals surface area (Å²) in [5.74, 6) is -3.78. The van der Waals surface area contributed by atoms with Crippen LogP contribution in [0.5, 0.6) is 0 Å². The summed E-state index contributed by atoms with van der Waals surface area (Å²) in [5.41, 5.74) is 0.366. The molecule has 3 nitrogen and oxygen atoms in total. The van der Waals surface area contributed by atoms with E-state index in [1.54, 1.807) is 18.3 Å². The van der Waals surface area contributed by atoms with E-state index >= 15 is 0 Å². The maximum Gasteiger partial charge on any atom is 0.270 e. The monoisotopic (exact) mass is 228 g/mol. The molecule has 1 aliphatic heterocycles. The van der Waals surface area contributed by atoms with Gasteiger partial charge in [-0.25, -0.2) is 8.78 Å². The zero-order chi connectivity index (χ0) is 11.8. The second kappa shape index (κ2) is 3.88. The molecule has 1 fully saturated rings. The number of alkyl halides is 2.